The van der Waals surface area contributed by atoms with Gasteiger partial charge >= 0.3 is 5.97 Å². The fraction of sp³-hybridized carbons (Fsp3) is 0.0769. The van der Waals surface area contributed by atoms with Crippen LogP contribution < -0.4 is 5.73 Å². The van der Waals surface area contributed by atoms with E-state index in [1.807, 2.05) is 30.3 Å². The molecular weight excluding hydrogens is 527 g/mol. The monoisotopic (exact) mass is 542 g/mol. The summed E-state index contributed by atoms with van der Waals surface area (Å²) in [6.07, 6.45) is 1.64. The second-order valence-corrected chi connectivity index (χ2v) is 10.4. The highest BCUT2D eigenvalue weighted by molar-refractivity contribution is 7.19. The van der Waals surface area contributed by atoms with Crippen LogP contribution in [0, 0.1) is 0 Å². The highest BCUT2D eigenvalue weighted by Crippen LogP contribution is 2.36. The number of nitrogens with two attached hydrogens (primary N) is 1. The summed E-state index contributed by atoms with van der Waals surface area (Å²) >= 11 is 20.1. The van der Waals surface area contributed by atoms with E-state index in [0.29, 0.717) is 37.1 Å². The normalized spacial score (nSPS) is 12.2. The number of thiophene rings is 1. The van der Waals surface area contributed by atoms with E-state index in [2.05, 4.69) is 4.98 Å². The van der Waals surface area contributed by atoms with Gasteiger partial charge in [-0.25, -0.2) is 4.79 Å². The molecule has 5 nitrogen and oxygen atoms in total. The van der Waals surface area contributed by atoms with E-state index in [9.17, 15) is 9.59 Å². The fourth-order valence-electron chi connectivity index (χ4n) is 4.13. The predicted molar refractivity (Wildman–Crippen MR) is 142 cm³/mol. The van der Waals surface area contributed by atoms with E-state index in [1.165, 1.54) is 6.07 Å². The van der Waals surface area contributed by atoms with Crippen molar-refractivity contribution >= 4 is 79.0 Å². The average Bonchev–Trinajstić information content (AvgIpc) is 3.43. The first kappa shape index (κ1) is 23.7. The van der Waals surface area contributed by atoms with Gasteiger partial charge in [0.05, 0.1) is 27.0 Å². The maximum Gasteiger partial charge on any atom is 0.340 e. The largest absolute Gasteiger partial charge is 0.456 e. The Morgan fingerprint density at radius 2 is 1.80 bits per heavy atom. The van der Waals surface area contributed by atoms with Crippen molar-refractivity contribution in [3.05, 3.63) is 103 Å². The molecule has 0 spiro atoms. The molecule has 2 heterocycles. The van der Waals surface area contributed by atoms with Gasteiger partial charge in [0.1, 0.15) is 6.61 Å². The molecule has 35 heavy (non-hydrogen) atoms. The van der Waals surface area contributed by atoms with Crippen molar-refractivity contribution < 1.29 is 14.3 Å². The van der Waals surface area contributed by atoms with Crippen LogP contribution in [0.3, 0.4) is 0 Å². The van der Waals surface area contributed by atoms with E-state index < -0.39 is 17.8 Å². The molecule has 1 atom stereocenters. The number of aromatic nitrogens is 1. The second kappa shape index (κ2) is 9.55. The maximum absolute atomic E-state index is 13.0. The number of carbonyl (C=O) groups excluding carboxylic acids is 2. The highest BCUT2D eigenvalue weighted by Gasteiger charge is 2.26. The molecule has 3 N–H and O–H groups in total. The van der Waals surface area contributed by atoms with Gasteiger partial charge in [-0.3, -0.25) is 4.79 Å². The van der Waals surface area contributed by atoms with Gasteiger partial charge in [0, 0.05) is 26.2 Å². The molecule has 0 fully saturated rings. The Balaban J connectivity index is 1.49. The van der Waals surface area contributed by atoms with Gasteiger partial charge in [-0.2, -0.15) is 0 Å². The summed E-state index contributed by atoms with van der Waals surface area (Å²) in [5.74, 6) is -1.95. The predicted octanol–water partition coefficient (Wildman–Crippen LogP) is 7.32. The van der Waals surface area contributed by atoms with E-state index in [-0.39, 0.29) is 12.2 Å². The zero-order chi connectivity index (χ0) is 24.7. The van der Waals surface area contributed by atoms with Crippen molar-refractivity contribution in [3.63, 3.8) is 0 Å². The first-order valence-corrected chi connectivity index (χ1v) is 12.5. The second-order valence-electron chi connectivity index (χ2n) is 7.96. The number of aromatic amines is 1. The number of benzene rings is 3. The summed E-state index contributed by atoms with van der Waals surface area (Å²) in [4.78, 5) is 29.5. The van der Waals surface area contributed by atoms with Crippen LogP contribution in [-0.4, -0.2) is 16.9 Å². The van der Waals surface area contributed by atoms with Gasteiger partial charge in [-0.1, -0.05) is 59.1 Å². The Bertz CT molecular complexity index is 1580. The number of halogens is 3. The minimum atomic E-state index is -0.834. The molecule has 0 saturated carbocycles. The van der Waals surface area contributed by atoms with Gasteiger partial charge in [0.2, 0.25) is 5.91 Å². The SMILES string of the molecule is NC(=O)C(c1ccc(Cl)c(Cl)c1)c1c[nH]c2c(C(=O)OCc3cc4ccccc4s3)cc(Cl)cc12. The lowest BCUT2D eigenvalue weighted by molar-refractivity contribution is -0.118. The van der Waals surface area contributed by atoms with Crippen molar-refractivity contribution in [3.8, 4) is 0 Å². The molecule has 2 aromatic heterocycles. The lowest BCUT2D eigenvalue weighted by atomic mass is 9.90. The summed E-state index contributed by atoms with van der Waals surface area (Å²) < 4.78 is 6.73. The molecule has 0 aliphatic rings. The number of rotatable bonds is 6. The van der Waals surface area contributed by atoms with Gasteiger partial charge in [-0.15, -0.1) is 11.3 Å². The summed E-state index contributed by atoms with van der Waals surface area (Å²) in [6.45, 7) is 0.132. The molecule has 5 aromatic rings. The van der Waals surface area contributed by atoms with Crippen molar-refractivity contribution in [2.75, 3.05) is 0 Å². The number of hydrogen-bond donors (Lipinski definition) is 2. The van der Waals surface area contributed by atoms with E-state index in [4.69, 9.17) is 45.3 Å². The summed E-state index contributed by atoms with van der Waals surface area (Å²) in [5, 5.41) is 2.68. The van der Waals surface area contributed by atoms with Crippen LogP contribution in [0.1, 0.15) is 32.3 Å². The number of primary amides is 1. The zero-order valence-corrected chi connectivity index (χ0v) is 21.1. The molecule has 0 bridgehead atoms. The quantitative estimate of drug-likeness (QED) is 0.220. The topological polar surface area (TPSA) is 85.2 Å². The molecule has 9 heteroatoms. The molecule has 176 valence electrons. The number of carbonyl (C=O) groups is 2. The van der Waals surface area contributed by atoms with Crippen LogP contribution in [-0.2, 0) is 16.1 Å². The van der Waals surface area contributed by atoms with Crippen LogP contribution in [0.5, 0.6) is 0 Å². The third-order valence-corrected chi connectivity index (χ3v) is 7.75. The Morgan fingerprint density at radius 1 is 1.00 bits per heavy atom. The van der Waals surface area contributed by atoms with Gasteiger partial charge < -0.3 is 15.5 Å². The molecule has 5 rings (SSSR count). The fourth-order valence-corrected chi connectivity index (χ4v) is 5.63. The van der Waals surface area contributed by atoms with Gasteiger partial charge in [0.15, 0.2) is 0 Å². The molecule has 3 aromatic carbocycles. The smallest absolute Gasteiger partial charge is 0.340 e. The van der Waals surface area contributed by atoms with E-state index >= 15 is 0 Å². The van der Waals surface area contributed by atoms with Crippen molar-refractivity contribution in [1.82, 2.24) is 4.98 Å². The van der Waals surface area contributed by atoms with Crippen molar-refractivity contribution in [2.24, 2.45) is 5.73 Å². The number of esters is 1. The number of amides is 1. The van der Waals surface area contributed by atoms with Crippen molar-refractivity contribution in [2.45, 2.75) is 12.5 Å². The molecular formula is C26H17Cl3N2O3S. The minimum absolute atomic E-state index is 0.132. The van der Waals surface area contributed by atoms with E-state index in [1.54, 1.807) is 41.8 Å². The van der Waals surface area contributed by atoms with Crippen LogP contribution >= 0.6 is 46.1 Å². The maximum atomic E-state index is 13.0. The lowest BCUT2D eigenvalue weighted by Gasteiger charge is -2.14. The third-order valence-electron chi connectivity index (χ3n) is 5.70. The molecule has 1 unspecified atom stereocenters. The third kappa shape index (κ3) is 4.62. The summed E-state index contributed by atoms with van der Waals surface area (Å²) in [7, 11) is 0. The Hall–Kier alpha value is -3.03. The number of hydrogen-bond acceptors (Lipinski definition) is 4. The first-order chi connectivity index (χ1) is 16.8. The molecule has 1 amide bonds. The van der Waals surface area contributed by atoms with Crippen LogP contribution in [0.4, 0.5) is 0 Å². The molecule has 0 radical (unpaired) electrons. The Kier molecular flexibility index (Phi) is 6.47. The summed E-state index contributed by atoms with van der Waals surface area (Å²) in [6, 6.07) is 18.1. The first-order valence-electron chi connectivity index (χ1n) is 10.5. The standard InChI is InChI=1S/C26H17Cl3N2O3S/c27-15-9-17-19(23(25(30)32)14-5-6-20(28)21(29)8-14)11-31-24(17)18(10-15)26(33)34-12-16-7-13-3-1-2-4-22(13)35-16/h1-11,23,31H,12H2,(H2,30,32). The molecule has 0 saturated heterocycles. The molecule has 0 aliphatic carbocycles. The van der Waals surface area contributed by atoms with Crippen molar-refractivity contribution in [1.29, 1.82) is 0 Å². The number of ether oxygens (including phenoxy) is 1. The minimum Gasteiger partial charge on any atom is -0.456 e. The number of H-pyrrole nitrogens is 1. The highest BCUT2D eigenvalue weighted by atomic mass is 35.5. The summed E-state index contributed by atoms with van der Waals surface area (Å²) in [5.41, 5.74) is 7.66. The Morgan fingerprint density at radius 3 is 2.54 bits per heavy atom. The molecule has 0 aliphatic heterocycles. The Labute approximate surface area is 219 Å². The average molecular weight is 544 g/mol. The van der Waals surface area contributed by atoms with Crippen LogP contribution in [0.2, 0.25) is 15.1 Å². The van der Waals surface area contributed by atoms with Gasteiger partial charge in [0.25, 0.3) is 0 Å². The number of nitrogens with one attached hydrogen (secondary N) is 1. The number of fused-ring (bicyclic) bond motifs is 2. The lowest BCUT2D eigenvalue weighted by Crippen LogP contribution is -2.22. The van der Waals surface area contributed by atoms with Gasteiger partial charge in [-0.05, 0) is 52.9 Å². The van der Waals surface area contributed by atoms with Crippen LogP contribution in [0.15, 0.2) is 66.9 Å². The van der Waals surface area contributed by atoms with Crippen LogP contribution in [0.25, 0.3) is 21.0 Å². The van der Waals surface area contributed by atoms with E-state index in [0.717, 1.165) is 15.0 Å². The zero-order valence-electron chi connectivity index (χ0n) is 18.0.